The summed E-state index contributed by atoms with van der Waals surface area (Å²) in [6.45, 7) is 9.13. The van der Waals surface area contributed by atoms with E-state index in [9.17, 15) is 0 Å². The van der Waals surface area contributed by atoms with Gasteiger partial charge in [0.15, 0.2) is 12.0 Å². The van der Waals surface area contributed by atoms with Gasteiger partial charge in [-0.15, -0.1) is 0 Å². The molecule has 2 nitrogen and oxygen atoms in total. The van der Waals surface area contributed by atoms with Crippen LogP contribution in [0.3, 0.4) is 0 Å². The second-order valence-electron chi connectivity index (χ2n) is 9.11. The number of benzene rings is 2. The minimum atomic E-state index is -0.260. The van der Waals surface area contributed by atoms with Crippen LogP contribution in [0.15, 0.2) is 90.0 Å². The molecule has 2 aromatic carbocycles. The van der Waals surface area contributed by atoms with Gasteiger partial charge in [-0.1, -0.05) is 106 Å². The van der Waals surface area contributed by atoms with E-state index in [1.54, 1.807) is 0 Å². The highest BCUT2D eigenvalue weighted by Crippen LogP contribution is 2.50. The van der Waals surface area contributed by atoms with Crippen LogP contribution in [0.25, 0.3) is 0 Å². The number of ether oxygens (including phenoxy) is 1. The molecule has 2 aliphatic rings. The number of hydrogen-bond donors (Lipinski definition) is 0. The standard InChI is InChI=1S/C26H29NO/c1-25(2,3)21-17-11-12-18-26(21,4)24-27-22(19-13-7-5-8-14-19)23(28-24)20-15-9-6-10-16-20/h5-18,21-23H,1-4H3/t21-,22+,23+,26-/m0/s1. The molecule has 2 aromatic rings. The van der Waals surface area contributed by atoms with Crippen molar-refractivity contribution in [2.45, 2.75) is 39.8 Å². The second kappa shape index (κ2) is 7.09. The molecule has 0 N–H and O–H groups in total. The minimum absolute atomic E-state index is 0.0321. The Morgan fingerprint density at radius 3 is 2.07 bits per heavy atom. The third-order valence-corrected chi connectivity index (χ3v) is 5.95. The van der Waals surface area contributed by atoms with Crippen molar-refractivity contribution in [1.82, 2.24) is 0 Å². The summed E-state index contributed by atoms with van der Waals surface area (Å²) in [4.78, 5) is 5.18. The Labute approximate surface area is 168 Å². The van der Waals surface area contributed by atoms with Crippen molar-refractivity contribution >= 4 is 5.90 Å². The average Bonchev–Trinajstić information content (AvgIpc) is 3.15. The highest BCUT2D eigenvalue weighted by Gasteiger charge is 2.48. The van der Waals surface area contributed by atoms with Crippen LogP contribution >= 0.6 is 0 Å². The Kier molecular flexibility index (Phi) is 4.74. The van der Waals surface area contributed by atoms with E-state index in [2.05, 4.69) is 101 Å². The summed E-state index contributed by atoms with van der Waals surface area (Å²) in [5, 5.41) is 0. The summed E-state index contributed by atoms with van der Waals surface area (Å²) in [5.41, 5.74) is 2.21. The van der Waals surface area contributed by atoms with Crippen LogP contribution in [0.5, 0.6) is 0 Å². The van der Waals surface area contributed by atoms with Crippen LogP contribution in [0, 0.1) is 16.7 Å². The fraction of sp³-hybridized carbons (Fsp3) is 0.346. The fourth-order valence-corrected chi connectivity index (χ4v) is 4.59. The van der Waals surface area contributed by atoms with Crippen LogP contribution in [0.4, 0.5) is 0 Å². The first-order valence-corrected chi connectivity index (χ1v) is 10.1. The van der Waals surface area contributed by atoms with Crippen molar-refractivity contribution in [3.8, 4) is 0 Å². The van der Waals surface area contributed by atoms with Gasteiger partial charge < -0.3 is 4.74 Å². The van der Waals surface area contributed by atoms with Gasteiger partial charge in [0, 0.05) is 0 Å². The van der Waals surface area contributed by atoms with E-state index >= 15 is 0 Å². The molecule has 4 atom stereocenters. The molecule has 1 aliphatic carbocycles. The smallest absolute Gasteiger partial charge is 0.195 e. The fourth-order valence-electron chi connectivity index (χ4n) is 4.59. The molecular weight excluding hydrogens is 342 g/mol. The van der Waals surface area contributed by atoms with Crippen LogP contribution in [-0.4, -0.2) is 5.90 Å². The normalized spacial score (nSPS) is 29.4. The van der Waals surface area contributed by atoms with Gasteiger partial charge in [0.1, 0.15) is 6.04 Å². The van der Waals surface area contributed by atoms with Crippen molar-refractivity contribution in [1.29, 1.82) is 0 Å². The van der Waals surface area contributed by atoms with Gasteiger partial charge in [-0.25, -0.2) is 4.99 Å². The van der Waals surface area contributed by atoms with Crippen molar-refractivity contribution in [2.75, 3.05) is 0 Å². The van der Waals surface area contributed by atoms with Crippen LogP contribution < -0.4 is 0 Å². The number of hydrogen-bond acceptors (Lipinski definition) is 2. The SMILES string of the molecule is CC(C)(C)[C@@H]1C=CC=C[C@]1(C)C1=N[C@H](c2ccccc2)[C@@H](c2ccccc2)O1. The van der Waals surface area contributed by atoms with Crippen LogP contribution in [0.1, 0.15) is 51.0 Å². The molecule has 0 aromatic heterocycles. The predicted octanol–water partition coefficient (Wildman–Crippen LogP) is 6.69. The summed E-state index contributed by atoms with van der Waals surface area (Å²) < 4.78 is 6.65. The molecule has 2 heteroatoms. The topological polar surface area (TPSA) is 21.6 Å². The van der Waals surface area contributed by atoms with E-state index in [0.29, 0.717) is 5.92 Å². The molecule has 0 radical (unpaired) electrons. The molecule has 0 fully saturated rings. The summed E-state index contributed by atoms with van der Waals surface area (Å²) in [5.74, 6) is 1.16. The van der Waals surface area contributed by atoms with Gasteiger partial charge in [-0.3, -0.25) is 0 Å². The molecule has 0 unspecified atom stereocenters. The Morgan fingerprint density at radius 2 is 1.46 bits per heavy atom. The monoisotopic (exact) mass is 371 g/mol. The number of allylic oxidation sites excluding steroid dienone is 3. The summed E-state index contributed by atoms with van der Waals surface area (Å²) in [7, 11) is 0. The molecule has 1 heterocycles. The van der Waals surface area contributed by atoms with Gasteiger partial charge in [-0.05, 0) is 29.4 Å². The van der Waals surface area contributed by atoms with E-state index in [-0.39, 0.29) is 23.0 Å². The molecule has 1 aliphatic heterocycles. The van der Waals surface area contributed by atoms with Crippen LogP contribution in [0.2, 0.25) is 0 Å². The zero-order chi connectivity index (χ0) is 19.8. The molecule has 28 heavy (non-hydrogen) atoms. The van der Waals surface area contributed by atoms with E-state index < -0.39 is 0 Å². The van der Waals surface area contributed by atoms with E-state index in [1.807, 2.05) is 12.1 Å². The molecule has 0 bridgehead atoms. The first-order chi connectivity index (χ1) is 13.4. The number of rotatable bonds is 3. The van der Waals surface area contributed by atoms with Gasteiger partial charge in [0.05, 0.1) is 5.41 Å². The van der Waals surface area contributed by atoms with Crippen molar-refractivity contribution in [3.05, 3.63) is 96.1 Å². The lowest BCUT2D eigenvalue weighted by atomic mass is 9.63. The maximum atomic E-state index is 6.65. The lowest BCUT2D eigenvalue weighted by Crippen LogP contribution is -2.41. The van der Waals surface area contributed by atoms with Gasteiger partial charge >= 0.3 is 0 Å². The molecular formula is C26H29NO. The van der Waals surface area contributed by atoms with Gasteiger partial charge in [0.25, 0.3) is 0 Å². The lowest BCUT2D eigenvalue weighted by molar-refractivity contribution is 0.141. The highest BCUT2D eigenvalue weighted by molar-refractivity contribution is 5.87. The highest BCUT2D eigenvalue weighted by atomic mass is 16.5. The minimum Gasteiger partial charge on any atom is -0.469 e. The first kappa shape index (κ1) is 18.7. The molecule has 0 spiro atoms. The van der Waals surface area contributed by atoms with E-state index in [0.717, 1.165) is 5.90 Å². The first-order valence-electron chi connectivity index (χ1n) is 10.1. The molecule has 0 saturated heterocycles. The zero-order valence-electron chi connectivity index (χ0n) is 17.2. The average molecular weight is 372 g/mol. The second-order valence-corrected chi connectivity index (χ2v) is 9.11. The quantitative estimate of drug-likeness (QED) is 0.589. The lowest BCUT2D eigenvalue weighted by Gasteiger charge is -2.42. The van der Waals surface area contributed by atoms with E-state index in [4.69, 9.17) is 9.73 Å². The molecule has 0 saturated carbocycles. The Bertz CT molecular complexity index is 904. The van der Waals surface area contributed by atoms with E-state index in [1.165, 1.54) is 11.1 Å². The maximum Gasteiger partial charge on any atom is 0.195 e. The third kappa shape index (κ3) is 3.32. The predicted molar refractivity (Wildman–Crippen MR) is 116 cm³/mol. The van der Waals surface area contributed by atoms with Crippen LogP contribution in [-0.2, 0) is 4.74 Å². The maximum absolute atomic E-state index is 6.65. The summed E-state index contributed by atoms with van der Waals surface area (Å²) in [6.07, 6.45) is 8.74. The zero-order valence-corrected chi connectivity index (χ0v) is 17.2. The summed E-state index contributed by atoms with van der Waals surface area (Å²) in [6, 6.07) is 20.9. The van der Waals surface area contributed by atoms with Crippen molar-refractivity contribution in [3.63, 3.8) is 0 Å². The number of aliphatic imine (C=N–C) groups is 1. The summed E-state index contributed by atoms with van der Waals surface area (Å²) >= 11 is 0. The largest absolute Gasteiger partial charge is 0.469 e. The molecule has 0 amide bonds. The third-order valence-electron chi connectivity index (χ3n) is 5.95. The van der Waals surface area contributed by atoms with Crippen molar-refractivity contribution < 1.29 is 4.74 Å². The van der Waals surface area contributed by atoms with Gasteiger partial charge in [-0.2, -0.15) is 0 Å². The Hall–Kier alpha value is -2.61. The Balaban J connectivity index is 1.77. The van der Waals surface area contributed by atoms with Crippen molar-refractivity contribution in [2.24, 2.45) is 21.7 Å². The number of nitrogens with zero attached hydrogens (tertiary/aromatic N) is 1. The van der Waals surface area contributed by atoms with Gasteiger partial charge in [0.2, 0.25) is 0 Å². The Morgan fingerprint density at radius 1 is 0.857 bits per heavy atom. The molecule has 144 valence electrons. The molecule has 4 rings (SSSR count).